The summed E-state index contributed by atoms with van der Waals surface area (Å²) >= 11 is 0. The van der Waals surface area contributed by atoms with Gasteiger partial charge in [-0.1, -0.05) is 44.6 Å². The van der Waals surface area contributed by atoms with Crippen molar-refractivity contribution in [1.29, 1.82) is 0 Å². The first-order chi connectivity index (χ1) is 27.0. The minimum Gasteiger partial charge on any atom is -0.456 e. The zero-order chi connectivity index (χ0) is 42.2. The maximum Gasteiger partial charge on any atom is 0.329 e. The molecule has 0 aromatic rings. The Morgan fingerprint density at radius 2 is 1.60 bits per heavy atom. The SMILES string of the molecule is C=CCC1C=C(C)CC(C)CC(OC)C2OC(O)(C(=O)C(=O)N3CCCCC3C(=O)OC(/C(C)=C/[C@@H]3CC[C@@H](O)[C@H](OC)C3)C(C)C(O)CC1=O)C(C)CC2OC. The van der Waals surface area contributed by atoms with Crippen molar-refractivity contribution < 1.29 is 58.2 Å². The summed E-state index contributed by atoms with van der Waals surface area (Å²) in [7, 11) is 4.61. The monoisotopic (exact) mass is 803 g/mol. The summed E-state index contributed by atoms with van der Waals surface area (Å²) in [5.74, 6) is -7.76. The molecule has 1 amide bonds. The van der Waals surface area contributed by atoms with E-state index in [1.165, 1.54) is 19.1 Å². The number of aliphatic hydroxyl groups excluding tert-OH is 2. The molecule has 0 radical (unpaired) electrons. The van der Waals surface area contributed by atoms with Crippen LogP contribution >= 0.6 is 0 Å². The van der Waals surface area contributed by atoms with Crippen LogP contribution in [0, 0.1) is 29.6 Å². The summed E-state index contributed by atoms with van der Waals surface area (Å²) in [5, 5.41) is 34.1. The largest absolute Gasteiger partial charge is 0.456 e. The molecule has 11 unspecified atom stereocenters. The summed E-state index contributed by atoms with van der Waals surface area (Å²) in [6, 6.07) is -1.14. The Bertz CT molecular complexity index is 1480. The van der Waals surface area contributed by atoms with E-state index in [0.717, 1.165) is 5.57 Å². The highest BCUT2D eigenvalue weighted by Crippen LogP contribution is 2.39. The molecule has 3 aliphatic heterocycles. The first-order valence-electron chi connectivity index (χ1n) is 20.9. The molecule has 1 aliphatic carbocycles. The van der Waals surface area contributed by atoms with E-state index in [2.05, 4.69) is 6.58 Å². The van der Waals surface area contributed by atoms with Crippen molar-refractivity contribution in [3.05, 3.63) is 36.0 Å². The number of carbonyl (C=O) groups excluding carboxylic acids is 4. The van der Waals surface area contributed by atoms with Crippen LogP contribution in [0.1, 0.15) is 105 Å². The Morgan fingerprint density at radius 3 is 2.25 bits per heavy atom. The first-order valence-corrected chi connectivity index (χ1v) is 20.9. The smallest absolute Gasteiger partial charge is 0.329 e. The van der Waals surface area contributed by atoms with E-state index < -0.39 is 83.9 Å². The van der Waals surface area contributed by atoms with E-state index in [9.17, 15) is 34.5 Å². The molecule has 13 nitrogen and oxygen atoms in total. The number of Topliss-reactive ketones (excluding diaryl/α,β-unsaturated/α-hetero) is 2. The summed E-state index contributed by atoms with van der Waals surface area (Å²) in [6.07, 6.45) is 4.93. The van der Waals surface area contributed by atoms with E-state index >= 15 is 0 Å². The number of cyclic esters (lactones) is 1. The Labute approximate surface area is 339 Å². The van der Waals surface area contributed by atoms with Gasteiger partial charge in [0.2, 0.25) is 5.79 Å². The molecule has 3 N–H and O–H groups in total. The summed E-state index contributed by atoms with van der Waals surface area (Å²) in [5.41, 5.74) is 1.61. The van der Waals surface area contributed by atoms with Gasteiger partial charge in [0.15, 0.2) is 0 Å². The number of ether oxygens (including phenoxy) is 5. The third-order valence-electron chi connectivity index (χ3n) is 12.9. The zero-order valence-electron chi connectivity index (χ0n) is 35.4. The number of rotatable bonds is 7. The van der Waals surface area contributed by atoms with Crippen LogP contribution in [0.2, 0.25) is 0 Å². The number of methoxy groups -OCH3 is 3. The van der Waals surface area contributed by atoms with Gasteiger partial charge in [-0.3, -0.25) is 14.4 Å². The van der Waals surface area contributed by atoms with Crippen LogP contribution in [0.4, 0.5) is 0 Å². The number of esters is 1. The molecule has 2 bridgehead atoms. The molecule has 3 heterocycles. The fourth-order valence-electron chi connectivity index (χ4n) is 9.42. The van der Waals surface area contributed by atoms with Crippen LogP contribution in [0.15, 0.2) is 36.0 Å². The van der Waals surface area contributed by atoms with Crippen molar-refractivity contribution in [2.24, 2.45) is 29.6 Å². The molecule has 0 spiro atoms. The number of amides is 1. The molecule has 2 saturated heterocycles. The average Bonchev–Trinajstić information content (AvgIpc) is 3.18. The Hall–Kier alpha value is -2.78. The van der Waals surface area contributed by atoms with Crippen molar-refractivity contribution >= 4 is 23.4 Å². The summed E-state index contributed by atoms with van der Waals surface area (Å²) < 4.78 is 29.7. The van der Waals surface area contributed by atoms with E-state index in [1.807, 2.05) is 32.9 Å². The highest BCUT2D eigenvalue weighted by Gasteiger charge is 2.56. The van der Waals surface area contributed by atoms with Gasteiger partial charge < -0.3 is 43.9 Å². The number of hydrogen-bond donors (Lipinski definition) is 3. The Kier molecular flexibility index (Phi) is 17.2. The number of piperidine rings is 1. The van der Waals surface area contributed by atoms with Crippen LogP contribution in [0.25, 0.3) is 0 Å². The molecule has 322 valence electrons. The Morgan fingerprint density at radius 1 is 0.930 bits per heavy atom. The van der Waals surface area contributed by atoms with Crippen LogP contribution in [0.3, 0.4) is 0 Å². The number of hydrogen-bond acceptors (Lipinski definition) is 12. The minimum atomic E-state index is -2.51. The minimum absolute atomic E-state index is 0.00988. The maximum absolute atomic E-state index is 14.3. The quantitative estimate of drug-likeness (QED) is 0.185. The lowest BCUT2D eigenvalue weighted by atomic mass is 9.81. The molecular weight excluding hydrogens is 734 g/mol. The zero-order valence-corrected chi connectivity index (χ0v) is 35.4. The number of fused-ring (bicyclic) bond motifs is 3. The van der Waals surface area contributed by atoms with Gasteiger partial charge in [0.25, 0.3) is 11.7 Å². The van der Waals surface area contributed by atoms with Crippen molar-refractivity contribution in [2.75, 3.05) is 27.9 Å². The molecule has 4 rings (SSSR count). The van der Waals surface area contributed by atoms with Gasteiger partial charge >= 0.3 is 5.97 Å². The number of nitrogens with zero attached hydrogens (tertiary/aromatic N) is 1. The molecule has 1 saturated carbocycles. The van der Waals surface area contributed by atoms with E-state index in [-0.39, 0.29) is 49.5 Å². The fraction of sp³-hybridized carbons (Fsp3) is 0.773. The molecule has 3 fully saturated rings. The van der Waals surface area contributed by atoms with Gasteiger partial charge in [-0.15, -0.1) is 6.58 Å². The van der Waals surface area contributed by atoms with E-state index in [1.54, 1.807) is 27.0 Å². The lowest BCUT2D eigenvalue weighted by molar-refractivity contribution is -0.302. The van der Waals surface area contributed by atoms with Gasteiger partial charge in [-0.05, 0) is 95.5 Å². The second kappa shape index (κ2) is 21.0. The lowest BCUT2D eigenvalue weighted by Crippen LogP contribution is -2.64. The van der Waals surface area contributed by atoms with Gasteiger partial charge in [0.1, 0.15) is 24.0 Å². The highest BCUT2D eigenvalue weighted by atomic mass is 16.7. The molecule has 14 atom stereocenters. The van der Waals surface area contributed by atoms with Crippen LogP contribution in [-0.4, -0.2) is 126 Å². The highest BCUT2D eigenvalue weighted by molar-refractivity contribution is 6.39. The number of ketones is 2. The third-order valence-corrected chi connectivity index (χ3v) is 12.9. The normalized spacial score (nSPS) is 40.1. The van der Waals surface area contributed by atoms with Gasteiger partial charge in [0, 0.05) is 52.0 Å². The van der Waals surface area contributed by atoms with Gasteiger partial charge in [0.05, 0.1) is 30.5 Å². The molecular formula is C44H69NO12. The summed E-state index contributed by atoms with van der Waals surface area (Å²) in [4.78, 5) is 57.8. The maximum atomic E-state index is 14.3. The standard InChI is InChI=1S/C44H69NO12/c1-10-13-31-19-25(2)18-26(3)20-37(54-8)40-38(55-9)22-28(5)44(52,57-40)41(49)42(50)45-17-12-11-14-32(45)43(51)56-39(29(6)34(47)24-35(31)48)27(4)21-30-15-16-33(46)36(23-30)53-7/h10,19,21,26,28-34,36-40,46-47,52H,1,11-18,20,22-24H2,2-9H3/b25-19?,27-21+/t26?,28?,29?,30-,31?,32?,33+,34?,36+,37?,38?,39?,40?,44?/m0/s1. The van der Waals surface area contributed by atoms with Crippen molar-refractivity contribution in [3.63, 3.8) is 0 Å². The van der Waals surface area contributed by atoms with Crippen LogP contribution < -0.4 is 0 Å². The molecule has 0 aromatic carbocycles. The van der Waals surface area contributed by atoms with Crippen LogP contribution in [0.5, 0.6) is 0 Å². The van der Waals surface area contributed by atoms with E-state index in [0.29, 0.717) is 56.9 Å². The fourth-order valence-corrected chi connectivity index (χ4v) is 9.42. The second-order valence-electron chi connectivity index (χ2n) is 17.3. The van der Waals surface area contributed by atoms with Crippen molar-refractivity contribution in [2.45, 2.75) is 160 Å². The van der Waals surface area contributed by atoms with Gasteiger partial charge in [-0.25, -0.2) is 4.79 Å². The van der Waals surface area contributed by atoms with Crippen molar-refractivity contribution in [1.82, 2.24) is 4.90 Å². The van der Waals surface area contributed by atoms with Crippen LogP contribution in [-0.2, 0) is 42.9 Å². The number of aliphatic hydroxyl groups is 3. The summed E-state index contributed by atoms with van der Waals surface area (Å²) in [6.45, 7) is 13.1. The molecule has 4 aliphatic rings. The third kappa shape index (κ3) is 11.3. The Balaban J connectivity index is 1.78. The number of allylic oxidation sites excluding steroid dienone is 4. The molecule has 0 aromatic heterocycles. The first kappa shape index (κ1) is 46.9. The topological polar surface area (TPSA) is 178 Å². The molecule has 13 heteroatoms. The van der Waals surface area contributed by atoms with Crippen molar-refractivity contribution in [3.8, 4) is 0 Å². The average molecular weight is 804 g/mol. The predicted molar refractivity (Wildman–Crippen MR) is 213 cm³/mol. The van der Waals surface area contributed by atoms with Gasteiger partial charge in [-0.2, -0.15) is 0 Å². The molecule has 57 heavy (non-hydrogen) atoms. The van der Waals surface area contributed by atoms with E-state index in [4.69, 9.17) is 23.7 Å². The second-order valence-corrected chi connectivity index (χ2v) is 17.3. The number of carbonyl (C=O) groups is 4. The lowest BCUT2D eigenvalue weighted by Gasteiger charge is -2.47. The predicted octanol–water partition coefficient (Wildman–Crippen LogP) is 4.64.